The highest BCUT2D eigenvalue weighted by molar-refractivity contribution is 8.03. The minimum absolute atomic E-state index is 0.0209. The van der Waals surface area contributed by atoms with Gasteiger partial charge in [-0.2, -0.15) is 0 Å². The van der Waals surface area contributed by atoms with Crippen LogP contribution in [0.1, 0.15) is 36.2 Å². The molecule has 2 saturated heterocycles. The van der Waals surface area contributed by atoms with Gasteiger partial charge < -0.3 is 41.0 Å². The van der Waals surface area contributed by atoms with Crippen LogP contribution in [0, 0.1) is 11.8 Å². The van der Waals surface area contributed by atoms with E-state index in [9.17, 15) is 29.4 Å². The monoisotopic (exact) mass is 562 g/mol. The van der Waals surface area contributed by atoms with Crippen molar-refractivity contribution in [1.82, 2.24) is 15.5 Å². The van der Waals surface area contributed by atoms with E-state index in [2.05, 4.69) is 10.6 Å². The molecule has 6 N–H and O–H groups in total. The summed E-state index contributed by atoms with van der Waals surface area (Å²) in [4.78, 5) is 51.4. The summed E-state index contributed by atoms with van der Waals surface area (Å²) in [7, 11) is 2.88. The van der Waals surface area contributed by atoms with Crippen molar-refractivity contribution in [2.75, 3.05) is 27.3 Å². The maximum absolute atomic E-state index is 12.9. The Morgan fingerprint density at radius 1 is 1.28 bits per heavy atom. The average Bonchev–Trinajstić information content (AvgIpc) is 3.44. The number of nitrogens with two attached hydrogens (primary N) is 1. The normalized spacial score (nSPS) is 26.6. The number of carbonyl (C=O) groups is 4. The number of β-lactam (4-membered cyclic amide) rings is 1. The van der Waals surface area contributed by atoms with Gasteiger partial charge in [0.25, 0.3) is 5.91 Å². The van der Waals surface area contributed by atoms with Gasteiger partial charge >= 0.3 is 5.97 Å². The van der Waals surface area contributed by atoms with Crippen molar-refractivity contribution in [3.8, 4) is 11.5 Å². The minimum atomic E-state index is -1.17. The van der Waals surface area contributed by atoms with E-state index in [1.807, 2.05) is 6.92 Å². The van der Waals surface area contributed by atoms with Gasteiger partial charge in [-0.3, -0.25) is 14.4 Å². The van der Waals surface area contributed by atoms with Crippen LogP contribution in [-0.2, 0) is 20.8 Å². The molecule has 39 heavy (non-hydrogen) atoms. The van der Waals surface area contributed by atoms with Crippen LogP contribution in [0.4, 0.5) is 0 Å². The molecule has 0 bridgehead atoms. The molecule has 1 aromatic carbocycles. The number of benzene rings is 1. The zero-order chi connectivity index (χ0) is 28.6. The fourth-order valence-electron chi connectivity index (χ4n) is 5.74. The van der Waals surface area contributed by atoms with E-state index in [-0.39, 0.29) is 52.6 Å². The SMILES string of the molecule is COc1ccc(CCNC(=O)[C@@H]2C[C@H](SC3=C(C(=O)O)N4C(=O)[C@H]([C@@H](C)O)[C@H]4[C@H]3C)CN2)c(C(N)=O)c1OC. The Kier molecular flexibility index (Phi) is 8.42. The van der Waals surface area contributed by atoms with Gasteiger partial charge in [0.1, 0.15) is 5.70 Å². The number of primary amides is 1. The summed E-state index contributed by atoms with van der Waals surface area (Å²) in [5.74, 6) is -2.63. The number of nitrogens with one attached hydrogen (secondary N) is 2. The molecular weight excluding hydrogens is 528 g/mol. The van der Waals surface area contributed by atoms with Gasteiger partial charge in [0, 0.05) is 29.2 Å². The van der Waals surface area contributed by atoms with Crippen molar-refractivity contribution in [3.05, 3.63) is 33.9 Å². The molecule has 0 unspecified atom stereocenters. The second-order valence-corrected chi connectivity index (χ2v) is 11.3. The molecule has 4 rings (SSSR count). The Morgan fingerprint density at radius 3 is 2.59 bits per heavy atom. The summed E-state index contributed by atoms with van der Waals surface area (Å²) >= 11 is 1.38. The van der Waals surface area contributed by atoms with Crippen molar-refractivity contribution in [2.24, 2.45) is 17.6 Å². The van der Waals surface area contributed by atoms with E-state index in [0.717, 1.165) is 0 Å². The van der Waals surface area contributed by atoms with Gasteiger partial charge in [0.05, 0.1) is 43.9 Å². The van der Waals surface area contributed by atoms with Crippen LogP contribution in [-0.4, -0.2) is 89.6 Å². The lowest BCUT2D eigenvalue weighted by Gasteiger charge is -2.46. The molecule has 0 aromatic heterocycles. The molecule has 3 amide bonds. The van der Waals surface area contributed by atoms with Crippen molar-refractivity contribution in [1.29, 1.82) is 0 Å². The van der Waals surface area contributed by atoms with E-state index in [1.165, 1.54) is 30.9 Å². The molecular formula is C26H34N4O8S. The molecule has 0 aliphatic carbocycles. The third-order valence-corrected chi connectivity index (χ3v) is 9.10. The van der Waals surface area contributed by atoms with Gasteiger partial charge in [-0.15, -0.1) is 11.8 Å². The standard InChI is InChI=1S/C26H34N4O8S/c1-11-19-17(12(2)31)25(34)30(19)20(26(35)36)22(11)39-14-9-15(29-10-14)24(33)28-8-7-13-5-6-16(37-3)21(38-4)18(13)23(27)32/h5-6,11-12,14-15,17,19,29,31H,7-10H2,1-4H3,(H2,27,32)(H,28,33)(H,35,36)/t11-,12-,14+,15+,17-,19-/m1/s1. The number of thioether (sulfide) groups is 1. The van der Waals surface area contributed by atoms with Gasteiger partial charge in [-0.25, -0.2) is 4.79 Å². The molecule has 2 fully saturated rings. The molecule has 0 radical (unpaired) electrons. The highest BCUT2D eigenvalue weighted by Gasteiger charge is 2.60. The number of carbonyl (C=O) groups excluding carboxylic acids is 3. The number of ether oxygens (including phenoxy) is 2. The lowest BCUT2D eigenvalue weighted by atomic mass is 9.79. The highest BCUT2D eigenvalue weighted by Crippen LogP contribution is 2.51. The maximum atomic E-state index is 12.9. The van der Waals surface area contributed by atoms with E-state index in [0.29, 0.717) is 35.6 Å². The summed E-state index contributed by atoms with van der Waals surface area (Å²) in [5, 5.41) is 25.9. The summed E-state index contributed by atoms with van der Waals surface area (Å²) in [5.41, 5.74) is 6.37. The topological polar surface area (TPSA) is 181 Å². The van der Waals surface area contributed by atoms with Crippen LogP contribution in [0.3, 0.4) is 0 Å². The summed E-state index contributed by atoms with van der Waals surface area (Å²) < 4.78 is 10.5. The van der Waals surface area contributed by atoms with Crippen LogP contribution in [0.2, 0.25) is 0 Å². The summed E-state index contributed by atoms with van der Waals surface area (Å²) in [6, 6.07) is 2.53. The first-order valence-corrected chi connectivity index (χ1v) is 13.6. The maximum Gasteiger partial charge on any atom is 0.353 e. The Bertz CT molecular complexity index is 1220. The number of aliphatic hydroxyl groups excluding tert-OH is 1. The number of amides is 3. The molecule has 3 aliphatic rings. The zero-order valence-corrected chi connectivity index (χ0v) is 23.0. The van der Waals surface area contributed by atoms with Crippen molar-refractivity contribution in [2.45, 2.75) is 50.1 Å². The number of fused-ring (bicyclic) bond motifs is 1. The molecule has 6 atom stereocenters. The average molecular weight is 563 g/mol. The van der Waals surface area contributed by atoms with Crippen LogP contribution in [0.5, 0.6) is 11.5 Å². The first-order chi connectivity index (χ1) is 18.5. The Morgan fingerprint density at radius 2 is 2.00 bits per heavy atom. The lowest BCUT2D eigenvalue weighted by molar-refractivity contribution is -0.163. The number of carboxylic acid groups (broad SMARTS) is 1. The fraction of sp³-hybridized carbons (Fsp3) is 0.538. The number of hydrogen-bond acceptors (Lipinski definition) is 9. The Hall–Kier alpha value is -3.29. The highest BCUT2D eigenvalue weighted by atomic mass is 32.2. The quantitative estimate of drug-likeness (QED) is 0.232. The zero-order valence-electron chi connectivity index (χ0n) is 22.2. The molecule has 1 aromatic rings. The predicted molar refractivity (Wildman–Crippen MR) is 142 cm³/mol. The van der Waals surface area contributed by atoms with E-state index in [1.54, 1.807) is 19.1 Å². The molecule has 3 aliphatic heterocycles. The third-order valence-electron chi connectivity index (χ3n) is 7.58. The van der Waals surface area contributed by atoms with E-state index >= 15 is 0 Å². The van der Waals surface area contributed by atoms with E-state index in [4.69, 9.17) is 15.2 Å². The molecule has 212 valence electrons. The van der Waals surface area contributed by atoms with Gasteiger partial charge in [0.15, 0.2) is 11.5 Å². The number of carboxylic acids is 1. The molecule has 13 heteroatoms. The van der Waals surface area contributed by atoms with Crippen LogP contribution in [0.25, 0.3) is 0 Å². The number of aliphatic hydroxyl groups is 1. The summed E-state index contributed by atoms with van der Waals surface area (Å²) in [6.07, 6.45) is -0.0435. The number of methoxy groups -OCH3 is 2. The fourth-order valence-corrected chi connectivity index (χ4v) is 7.22. The van der Waals surface area contributed by atoms with Crippen molar-refractivity contribution >= 4 is 35.5 Å². The van der Waals surface area contributed by atoms with Gasteiger partial charge in [-0.05, 0) is 31.4 Å². The largest absolute Gasteiger partial charge is 0.493 e. The first kappa shape index (κ1) is 28.7. The summed E-state index contributed by atoms with van der Waals surface area (Å²) in [6.45, 7) is 4.17. The number of hydrogen-bond donors (Lipinski definition) is 5. The van der Waals surface area contributed by atoms with Gasteiger partial charge in [0.2, 0.25) is 11.8 Å². The number of rotatable bonds is 11. The number of nitrogens with zero attached hydrogens (tertiary/aromatic N) is 1. The van der Waals surface area contributed by atoms with Crippen LogP contribution < -0.4 is 25.8 Å². The Balaban J connectivity index is 1.36. The van der Waals surface area contributed by atoms with Crippen LogP contribution >= 0.6 is 11.8 Å². The Labute approximate surface area is 230 Å². The second kappa shape index (κ2) is 11.4. The van der Waals surface area contributed by atoms with Crippen LogP contribution in [0.15, 0.2) is 22.7 Å². The van der Waals surface area contributed by atoms with E-state index < -0.39 is 29.9 Å². The lowest BCUT2D eigenvalue weighted by Crippen LogP contribution is -2.63. The molecule has 0 saturated carbocycles. The third kappa shape index (κ3) is 5.18. The minimum Gasteiger partial charge on any atom is -0.493 e. The first-order valence-electron chi connectivity index (χ1n) is 12.7. The second-order valence-electron chi connectivity index (χ2n) is 9.95. The predicted octanol–water partition coefficient (Wildman–Crippen LogP) is 0.0788. The molecule has 3 heterocycles. The molecule has 12 nitrogen and oxygen atoms in total. The van der Waals surface area contributed by atoms with Crippen molar-refractivity contribution < 1.29 is 38.9 Å². The van der Waals surface area contributed by atoms with Crippen molar-refractivity contribution in [3.63, 3.8) is 0 Å². The van der Waals surface area contributed by atoms with Gasteiger partial charge in [-0.1, -0.05) is 13.0 Å². The molecule has 0 spiro atoms. The number of aliphatic carboxylic acids is 1. The smallest absolute Gasteiger partial charge is 0.353 e.